The van der Waals surface area contributed by atoms with Crippen LogP contribution < -0.4 is 4.72 Å². The minimum absolute atomic E-state index is 0.238. The molecule has 2 aromatic carbocycles. The van der Waals surface area contributed by atoms with E-state index in [4.69, 9.17) is 11.6 Å². The lowest BCUT2D eigenvalue weighted by Gasteiger charge is -2.11. The van der Waals surface area contributed by atoms with Gasteiger partial charge in [-0.15, -0.1) is 0 Å². The van der Waals surface area contributed by atoms with Gasteiger partial charge in [0, 0.05) is 9.50 Å². The van der Waals surface area contributed by atoms with Crippen LogP contribution in [-0.4, -0.2) is 8.42 Å². The van der Waals surface area contributed by atoms with Crippen molar-refractivity contribution >= 4 is 43.2 Å². The first kappa shape index (κ1) is 14.4. The summed E-state index contributed by atoms with van der Waals surface area (Å²) in [5.74, 6) is 0. The summed E-state index contributed by atoms with van der Waals surface area (Å²) in [5.41, 5.74) is 1.12. The quantitative estimate of drug-likeness (QED) is 0.891. The van der Waals surface area contributed by atoms with Crippen LogP contribution >= 0.6 is 27.5 Å². The van der Waals surface area contributed by atoms with E-state index < -0.39 is 10.0 Å². The van der Waals surface area contributed by atoms with E-state index >= 15 is 0 Å². The van der Waals surface area contributed by atoms with Gasteiger partial charge in [0.05, 0.1) is 10.6 Å². The minimum atomic E-state index is -3.62. The van der Waals surface area contributed by atoms with Gasteiger partial charge in [-0.1, -0.05) is 39.7 Å². The molecule has 3 nitrogen and oxygen atoms in total. The molecule has 2 rings (SSSR count). The zero-order valence-electron chi connectivity index (χ0n) is 10.0. The first-order valence-electron chi connectivity index (χ1n) is 5.43. The van der Waals surface area contributed by atoms with Gasteiger partial charge in [0.25, 0.3) is 10.0 Å². The summed E-state index contributed by atoms with van der Waals surface area (Å²) in [5, 5.41) is 0.478. The molecule has 0 unspecified atom stereocenters. The largest absolute Gasteiger partial charge is 0.280 e. The Labute approximate surface area is 125 Å². The lowest BCUT2D eigenvalue weighted by molar-refractivity contribution is 0.600. The van der Waals surface area contributed by atoms with E-state index in [-0.39, 0.29) is 4.90 Å². The summed E-state index contributed by atoms with van der Waals surface area (Å²) in [7, 11) is -3.62. The van der Waals surface area contributed by atoms with Crippen LogP contribution in [0.25, 0.3) is 0 Å². The van der Waals surface area contributed by atoms with E-state index in [1.54, 1.807) is 49.4 Å². The third kappa shape index (κ3) is 3.49. The number of rotatable bonds is 3. The molecule has 0 saturated carbocycles. The van der Waals surface area contributed by atoms with Crippen molar-refractivity contribution in [2.24, 2.45) is 0 Å². The third-order valence-corrected chi connectivity index (χ3v) is 4.77. The fourth-order valence-corrected chi connectivity index (χ4v) is 3.65. The fraction of sp³-hybridized carbons (Fsp3) is 0.0769. The molecule has 0 bridgehead atoms. The van der Waals surface area contributed by atoms with Gasteiger partial charge in [-0.3, -0.25) is 4.72 Å². The number of nitrogens with one attached hydrogen (secondary N) is 1. The van der Waals surface area contributed by atoms with Crippen molar-refractivity contribution < 1.29 is 8.42 Å². The van der Waals surface area contributed by atoms with E-state index in [0.717, 1.165) is 0 Å². The van der Waals surface area contributed by atoms with Crippen LogP contribution in [0.15, 0.2) is 51.8 Å². The molecule has 0 heterocycles. The second-order valence-electron chi connectivity index (χ2n) is 4.03. The zero-order valence-corrected chi connectivity index (χ0v) is 13.2. The van der Waals surface area contributed by atoms with Crippen LogP contribution in [0.3, 0.4) is 0 Å². The lowest BCUT2D eigenvalue weighted by Crippen LogP contribution is -2.14. The van der Waals surface area contributed by atoms with Crippen LogP contribution in [0.5, 0.6) is 0 Å². The second-order valence-corrected chi connectivity index (χ2v) is 7.03. The van der Waals surface area contributed by atoms with E-state index in [0.29, 0.717) is 20.7 Å². The smallest absolute Gasteiger partial charge is 0.262 e. The number of hydrogen-bond donors (Lipinski definition) is 1. The minimum Gasteiger partial charge on any atom is -0.280 e. The highest BCUT2D eigenvalue weighted by Gasteiger charge is 2.17. The second kappa shape index (κ2) is 5.53. The summed E-state index contributed by atoms with van der Waals surface area (Å²) in [6.07, 6.45) is 0. The van der Waals surface area contributed by atoms with E-state index in [2.05, 4.69) is 20.7 Å². The number of anilines is 1. The summed E-state index contributed by atoms with van der Waals surface area (Å²) >= 11 is 9.11. The molecule has 1 N–H and O–H groups in total. The Kier molecular flexibility index (Phi) is 4.18. The van der Waals surface area contributed by atoms with Crippen molar-refractivity contribution in [3.05, 3.63) is 57.5 Å². The van der Waals surface area contributed by atoms with Gasteiger partial charge in [-0.2, -0.15) is 0 Å². The summed E-state index contributed by atoms with van der Waals surface area (Å²) in [6, 6.07) is 11.7. The topological polar surface area (TPSA) is 46.2 Å². The molecule has 0 saturated heterocycles. The monoisotopic (exact) mass is 359 g/mol. The van der Waals surface area contributed by atoms with E-state index in [9.17, 15) is 8.42 Å². The molecular formula is C13H11BrClNO2S. The highest BCUT2D eigenvalue weighted by molar-refractivity contribution is 9.10. The highest BCUT2D eigenvalue weighted by Crippen LogP contribution is 2.24. The van der Waals surface area contributed by atoms with E-state index in [1.807, 2.05) is 0 Å². The Morgan fingerprint density at radius 2 is 1.89 bits per heavy atom. The Morgan fingerprint density at radius 1 is 1.16 bits per heavy atom. The Balaban J connectivity index is 2.40. The van der Waals surface area contributed by atoms with Gasteiger partial charge < -0.3 is 0 Å². The van der Waals surface area contributed by atoms with Crippen LogP contribution in [-0.2, 0) is 10.0 Å². The van der Waals surface area contributed by atoms with Crippen LogP contribution in [0, 0.1) is 6.92 Å². The van der Waals surface area contributed by atoms with Gasteiger partial charge in [0.2, 0.25) is 0 Å². The summed E-state index contributed by atoms with van der Waals surface area (Å²) in [4.78, 5) is 0.238. The lowest BCUT2D eigenvalue weighted by atomic mass is 10.2. The Morgan fingerprint density at radius 3 is 2.58 bits per heavy atom. The summed E-state index contributed by atoms with van der Waals surface area (Å²) < 4.78 is 27.8. The Bertz CT molecular complexity index is 716. The molecule has 0 fully saturated rings. The maximum Gasteiger partial charge on any atom is 0.262 e. The highest BCUT2D eigenvalue weighted by atomic mass is 79.9. The Hall–Kier alpha value is -1.04. The number of halogens is 2. The molecule has 19 heavy (non-hydrogen) atoms. The van der Waals surface area contributed by atoms with Gasteiger partial charge in [0.1, 0.15) is 0 Å². The molecule has 6 heteroatoms. The van der Waals surface area contributed by atoms with Crippen LogP contribution in [0.4, 0.5) is 5.69 Å². The maximum absolute atomic E-state index is 12.3. The SMILES string of the molecule is Cc1ccc(Br)cc1S(=O)(=O)Nc1cccc(Cl)c1. The molecule has 0 aliphatic carbocycles. The van der Waals surface area contributed by atoms with Crippen LogP contribution in [0.1, 0.15) is 5.56 Å². The molecule has 0 aliphatic heterocycles. The normalized spacial score (nSPS) is 11.3. The maximum atomic E-state index is 12.3. The molecule has 0 atom stereocenters. The number of benzene rings is 2. The average Bonchev–Trinajstić information content (AvgIpc) is 2.31. The summed E-state index contributed by atoms with van der Waals surface area (Å²) in [6.45, 7) is 1.75. The molecule has 100 valence electrons. The zero-order chi connectivity index (χ0) is 14.0. The van der Waals surface area contributed by atoms with Gasteiger partial charge in [0.15, 0.2) is 0 Å². The van der Waals surface area contributed by atoms with Crippen molar-refractivity contribution in [1.29, 1.82) is 0 Å². The number of sulfonamides is 1. The van der Waals surface area contributed by atoms with Gasteiger partial charge in [-0.05, 0) is 42.8 Å². The van der Waals surface area contributed by atoms with Gasteiger partial charge in [-0.25, -0.2) is 8.42 Å². The van der Waals surface area contributed by atoms with Crippen molar-refractivity contribution in [2.45, 2.75) is 11.8 Å². The molecule has 0 aromatic heterocycles. The van der Waals surface area contributed by atoms with Crippen LogP contribution in [0.2, 0.25) is 5.02 Å². The van der Waals surface area contributed by atoms with Crippen molar-refractivity contribution in [3.8, 4) is 0 Å². The predicted octanol–water partition coefficient (Wildman–Crippen LogP) is 4.21. The predicted molar refractivity (Wildman–Crippen MR) is 81.1 cm³/mol. The fourth-order valence-electron chi connectivity index (χ4n) is 1.63. The first-order valence-corrected chi connectivity index (χ1v) is 8.08. The first-order chi connectivity index (χ1) is 8.88. The third-order valence-electron chi connectivity index (χ3n) is 2.52. The van der Waals surface area contributed by atoms with Crippen molar-refractivity contribution in [3.63, 3.8) is 0 Å². The molecular weight excluding hydrogens is 350 g/mol. The molecule has 0 aliphatic rings. The van der Waals surface area contributed by atoms with Crippen molar-refractivity contribution in [1.82, 2.24) is 0 Å². The molecule has 0 radical (unpaired) electrons. The van der Waals surface area contributed by atoms with E-state index in [1.165, 1.54) is 0 Å². The van der Waals surface area contributed by atoms with Gasteiger partial charge >= 0.3 is 0 Å². The average molecular weight is 361 g/mol. The molecule has 0 amide bonds. The number of aryl methyl sites for hydroxylation is 1. The molecule has 0 spiro atoms. The standard InChI is InChI=1S/C13H11BrClNO2S/c1-9-5-6-10(14)7-13(9)19(17,18)16-12-4-2-3-11(15)8-12/h2-8,16H,1H3. The number of hydrogen-bond acceptors (Lipinski definition) is 2. The molecule has 2 aromatic rings. The van der Waals surface area contributed by atoms with Crippen molar-refractivity contribution in [2.75, 3.05) is 4.72 Å².